The SMILES string of the molecule is CCCN(CC1CCCCN1)S(=O)(=O)c1cc(C)c(Cl)s1. The number of hydrogen-bond donors (Lipinski definition) is 1. The lowest BCUT2D eigenvalue weighted by molar-refractivity contribution is 0.313. The molecule has 1 fully saturated rings. The van der Waals surface area contributed by atoms with Gasteiger partial charge in [-0.2, -0.15) is 4.31 Å². The molecular weight excluding hydrogens is 328 g/mol. The molecular formula is C14H23ClN2O2S2. The number of hydrogen-bond acceptors (Lipinski definition) is 4. The first-order valence-corrected chi connectivity index (χ1v) is 10.1. The van der Waals surface area contributed by atoms with Gasteiger partial charge in [-0.25, -0.2) is 8.42 Å². The molecule has 1 aromatic rings. The number of nitrogens with one attached hydrogen (secondary N) is 1. The van der Waals surface area contributed by atoms with Crippen molar-refractivity contribution >= 4 is 33.0 Å². The van der Waals surface area contributed by atoms with Crippen LogP contribution in [0.2, 0.25) is 4.34 Å². The highest BCUT2D eigenvalue weighted by molar-refractivity contribution is 7.91. The highest BCUT2D eigenvalue weighted by atomic mass is 35.5. The molecule has 2 heterocycles. The Hall–Kier alpha value is -0.140. The van der Waals surface area contributed by atoms with E-state index in [1.807, 2.05) is 13.8 Å². The molecule has 1 unspecified atom stereocenters. The number of aryl methyl sites for hydroxylation is 1. The van der Waals surface area contributed by atoms with Crippen LogP contribution < -0.4 is 5.32 Å². The van der Waals surface area contributed by atoms with Crippen molar-refractivity contribution in [1.82, 2.24) is 9.62 Å². The Bertz CT molecular complexity index is 546. The fourth-order valence-electron chi connectivity index (χ4n) is 2.57. The van der Waals surface area contributed by atoms with Crippen LogP contribution in [0.3, 0.4) is 0 Å². The first-order chi connectivity index (χ1) is 9.95. The van der Waals surface area contributed by atoms with Gasteiger partial charge in [0.15, 0.2) is 0 Å². The first-order valence-electron chi connectivity index (χ1n) is 7.44. The van der Waals surface area contributed by atoms with E-state index in [2.05, 4.69) is 5.32 Å². The van der Waals surface area contributed by atoms with Gasteiger partial charge in [-0.3, -0.25) is 0 Å². The van der Waals surface area contributed by atoms with Crippen molar-refractivity contribution in [2.45, 2.75) is 49.8 Å². The van der Waals surface area contributed by atoms with Gasteiger partial charge in [0, 0.05) is 19.1 Å². The summed E-state index contributed by atoms with van der Waals surface area (Å²) in [6.45, 7) is 5.92. The Kier molecular flexibility index (Phi) is 6.08. The van der Waals surface area contributed by atoms with Crippen LogP contribution in [-0.4, -0.2) is 38.4 Å². The number of nitrogens with zero attached hydrogens (tertiary/aromatic N) is 1. The van der Waals surface area contributed by atoms with Gasteiger partial charge < -0.3 is 5.32 Å². The molecule has 0 amide bonds. The summed E-state index contributed by atoms with van der Waals surface area (Å²) in [6, 6.07) is 1.94. The molecule has 1 atom stereocenters. The van der Waals surface area contributed by atoms with Crippen LogP contribution in [0.4, 0.5) is 0 Å². The van der Waals surface area contributed by atoms with Crippen LogP contribution in [0.5, 0.6) is 0 Å². The number of rotatable bonds is 6. The Morgan fingerprint density at radius 2 is 2.24 bits per heavy atom. The summed E-state index contributed by atoms with van der Waals surface area (Å²) in [5.41, 5.74) is 0.826. The number of piperidine rings is 1. The maximum atomic E-state index is 12.8. The van der Waals surface area contributed by atoms with Crippen LogP contribution in [0.1, 0.15) is 38.2 Å². The van der Waals surface area contributed by atoms with Gasteiger partial charge in [0.2, 0.25) is 0 Å². The van der Waals surface area contributed by atoms with Crippen molar-refractivity contribution in [3.63, 3.8) is 0 Å². The second-order valence-corrected chi connectivity index (χ2v) is 9.35. The van der Waals surface area contributed by atoms with Crippen molar-refractivity contribution in [2.75, 3.05) is 19.6 Å². The van der Waals surface area contributed by atoms with Crippen LogP contribution in [0.25, 0.3) is 0 Å². The van der Waals surface area contributed by atoms with E-state index in [0.29, 0.717) is 21.6 Å². The van der Waals surface area contributed by atoms with Crippen molar-refractivity contribution in [3.8, 4) is 0 Å². The lowest BCUT2D eigenvalue weighted by Gasteiger charge is -2.29. The average Bonchev–Trinajstić information content (AvgIpc) is 2.80. The zero-order valence-electron chi connectivity index (χ0n) is 12.6. The minimum atomic E-state index is -3.44. The van der Waals surface area contributed by atoms with E-state index < -0.39 is 10.0 Å². The maximum absolute atomic E-state index is 12.8. The third kappa shape index (κ3) is 4.20. The largest absolute Gasteiger partial charge is 0.313 e. The predicted molar refractivity (Wildman–Crippen MR) is 88.8 cm³/mol. The quantitative estimate of drug-likeness (QED) is 0.856. The third-order valence-electron chi connectivity index (χ3n) is 3.74. The van der Waals surface area contributed by atoms with Gasteiger partial charge in [0.05, 0.1) is 4.34 Å². The van der Waals surface area contributed by atoms with E-state index in [-0.39, 0.29) is 6.04 Å². The van der Waals surface area contributed by atoms with Crippen LogP contribution in [0, 0.1) is 6.92 Å². The van der Waals surface area contributed by atoms with Crippen molar-refractivity contribution in [1.29, 1.82) is 0 Å². The monoisotopic (exact) mass is 350 g/mol. The van der Waals surface area contributed by atoms with Crippen LogP contribution in [0.15, 0.2) is 10.3 Å². The Morgan fingerprint density at radius 3 is 2.76 bits per heavy atom. The smallest absolute Gasteiger partial charge is 0.252 e. The Balaban J connectivity index is 2.18. The normalized spacial score (nSPS) is 20.1. The van der Waals surface area contributed by atoms with Crippen LogP contribution >= 0.6 is 22.9 Å². The molecule has 1 aliphatic heterocycles. The molecule has 2 rings (SSSR count). The van der Waals surface area contributed by atoms with E-state index in [1.54, 1.807) is 10.4 Å². The molecule has 120 valence electrons. The lowest BCUT2D eigenvalue weighted by atomic mass is 10.1. The molecule has 1 aromatic heterocycles. The minimum absolute atomic E-state index is 0.261. The number of sulfonamides is 1. The van der Waals surface area contributed by atoms with E-state index in [1.165, 1.54) is 12.8 Å². The zero-order valence-corrected chi connectivity index (χ0v) is 15.0. The molecule has 0 bridgehead atoms. The molecule has 1 saturated heterocycles. The fraction of sp³-hybridized carbons (Fsp3) is 0.714. The number of halogens is 1. The molecule has 7 heteroatoms. The summed E-state index contributed by atoms with van der Waals surface area (Å²) in [6.07, 6.45) is 4.20. The lowest BCUT2D eigenvalue weighted by Crippen LogP contribution is -2.45. The molecule has 4 nitrogen and oxygen atoms in total. The molecule has 1 N–H and O–H groups in total. The van der Waals surface area contributed by atoms with E-state index in [0.717, 1.165) is 36.3 Å². The maximum Gasteiger partial charge on any atom is 0.252 e. The van der Waals surface area contributed by atoms with Gasteiger partial charge in [-0.15, -0.1) is 11.3 Å². The Labute approximate surface area is 136 Å². The van der Waals surface area contributed by atoms with Crippen molar-refractivity contribution < 1.29 is 8.42 Å². The molecule has 0 saturated carbocycles. The second kappa shape index (κ2) is 7.42. The highest BCUT2D eigenvalue weighted by Crippen LogP contribution is 2.32. The van der Waals surface area contributed by atoms with E-state index in [9.17, 15) is 8.42 Å². The van der Waals surface area contributed by atoms with Crippen molar-refractivity contribution in [2.24, 2.45) is 0 Å². The predicted octanol–water partition coefficient (Wildman–Crippen LogP) is 3.25. The highest BCUT2D eigenvalue weighted by Gasteiger charge is 2.29. The summed E-state index contributed by atoms with van der Waals surface area (Å²) < 4.78 is 28.1. The molecule has 0 aromatic carbocycles. The molecule has 0 aliphatic carbocycles. The molecule has 1 aliphatic rings. The average molecular weight is 351 g/mol. The molecule has 21 heavy (non-hydrogen) atoms. The summed E-state index contributed by atoms with van der Waals surface area (Å²) in [4.78, 5) is 0. The fourth-order valence-corrected chi connectivity index (χ4v) is 6.01. The van der Waals surface area contributed by atoms with Gasteiger partial charge in [-0.1, -0.05) is 24.9 Å². The second-order valence-electron chi connectivity index (χ2n) is 5.53. The summed E-state index contributed by atoms with van der Waals surface area (Å²) >= 11 is 7.19. The topological polar surface area (TPSA) is 49.4 Å². The first kappa shape index (κ1) is 17.2. The summed E-state index contributed by atoms with van der Waals surface area (Å²) in [5, 5.41) is 3.42. The summed E-state index contributed by atoms with van der Waals surface area (Å²) in [7, 11) is -3.44. The standard InChI is InChI=1S/C14H23ClN2O2S2/c1-3-8-17(10-12-6-4-5-7-16-12)21(18,19)13-9-11(2)14(15)20-13/h9,12,16H,3-8,10H2,1-2H3. The van der Waals surface area contributed by atoms with E-state index >= 15 is 0 Å². The minimum Gasteiger partial charge on any atom is -0.313 e. The van der Waals surface area contributed by atoms with Gasteiger partial charge in [0.1, 0.15) is 4.21 Å². The summed E-state index contributed by atoms with van der Waals surface area (Å²) in [5.74, 6) is 0. The molecule has 0 radical (unpaired) electrons. The zero-order chi connectivity index (χ0) is 15.5. The van der Waals surface area contributed by atoms with E-state index in [4.69, 9.17) is 11.6 Å². The van der Waals surface area contributed by atoms with Crippen LogP contribution in [-0.2, 0) is 10.0 Å². The van der Waals surface area contributed by atoms with Gasteiger partial charge in [-0.05, 0) is 44.4 Å². The molecule has 0 spiro atoms. The Morgan fingerprint density at radius 1 is 1.48 bits per heavy atom. The van der Waals surface area contributed by atoms with Gasteiger partial charge >= 0.3 is 0 Å². The van der Waals surface area contributed by atoms with Crippen molar-refractivity contribution in [3.05, 3.63) is 16.0 Å². The van der Waals surface area contributed by atoms with Gasteiger partial charge in [0.25, 0.3) is 10.0 Å². The third-order valence-corrected chi connectivity index (χ3v) is 7.61. The number of thiophene rings is 1.